The highest BCUT2D eigenvalue weighted by Crippen LogP contribution is 2.20. The predicted octanol–water partition coefficient (Wildman–Crippen LogP) is 3.75. The Morgan fingerprint density at radius 2 is 2.00 bits per heavy atom. The molecule has 20 heavy (non-hydrogen) atoms. The summed E-state index contributed by atoms with van der Waals surface area (Å²) < 4.78 is 5.15. The van der Waals surface area contributed by atoms with Gasteiger partial charge in [-0.25, -0.2) is 0 Å². The number of aromatic nitrogens is 2. The zero-order valence-corrected chi connectivity index (χ0v) is 14.2. The largest absolute Gasteiger partial charge is 0.374 e. The van der Waals surface area contributed by atoms with E-state index in [1.165, 1.54) is 17.1 Å². The number of benzene rings is 1. The van der Waals surface area contributed by atoms with Crippen LogP contribution in [-0.4, -0.2) is 28.1 Å². The minimum atomic E-state index is 0.804. The highest BCUT2D eigenvalue weighted by Gasteiger charge is 2.10. The first-order chi connectivity index (χ1) is 9.69. The van der Waals surface area contributed by atoms with Gasteiger partial charge in [0, 0.05) is 35.6 Å². The van der Waals surface area contributed by atoms with Crippen molar-refractivity contribution in [3.8, 4) is 0 Å². The number of nitrogens with zero attached hydrogens (tertiary/aromatic N) is 3. The summed E-state index contributed by atoms with van der Waals surface area (Å²) in [5, 5.41) is 8.69. The number of rotatable bonds is 7. The number of halogens is 1. The van der Waals surface area contributed by atoms with E-state index < -0.39 is 0 Å². The van der Waals surface area contributed by atoms with Gasteiger partial charge < -0.3 is 5.32 Å². The lowest BCUT2D eigenvalue weighted by Crippen LogP contribution is -2.18. The molecule has 0 bridgehead atoms. The zero-order chi connectivity index (χ0) is 14.4. The van der Waals surface area contributed by atoms with Crippen LogP contribution in [0.15, 0.2) is 28.7 Å². The number of nitrogens with one attached hydrogen (secondary N) is 1. The lowest BCUT2D eigenvalue weighted by atomic mass is 10.2. The lowest BCUT2D eigenvalue weighted by Gasteiger charge is -2.16. The fraction of sp³-hybridized carbons (Fsp3) is 0.429. The average molecular weight is 355 g/mol. The van der Waals surface area contributed by atoms with E-state index in [1.807, 2.05) is 0 Å². The van der Waals surface area contributed by atoms with Crippen LogP contribution < -0.4 is 5.32 Å². The Morgan fingerprint density at radius 1 is 1.25 bits per heavy atom. The SMILES string of the molecule is CCCNc1snnc1CN(C)Cc1ccc(Br)cc1. The van der Waals surface area contributed by atoms with Gasteiger partial charge in [-0.1, -0.05) is 39.5 Å². The van der Waals surface area contributed by atoms with Crippen molar-refractivity contribution >= 4 is 32.5 Å². The second-order valence-electron chi connectivity index (χ2n) is 4.77. The lowest BCUT2D eigenvalue weighted by molar-refractivity contribution is 0.315. The molecule has 1 N–H and O–H groups in total. The second-order valence-corrected chi connectivity index (χ2v) is 6.44. The van der Waals surface area contributed by atoms with Crippen LogP contribution in [0, 0.1) is 0 Å². The maximum absolute atomic E-state index is 4.22. The third-order valence-electron chi connectivity index (χ3n) is 2.88. The molecule has 2 rings (SSSR count). The van der Waals surface area contributed by atoms with Crippen molar-refractivity contribution in [1.82, 2.24) is 14.5 Å². The van der Waals surface area contributed by atoms with Crippen LogP contribution in [0.1, 0.15) is 24.6 Å². The smallest absolute Gasteiger partial charge is 0.134 e. The number of hydrogen-bond acceptors (Lipinski definition) is 5. The first kappa shape index (κ1) is 15.4. The maximum atomic E-state index is 4.22. The molecule has 0 atom stereocenters. The molecule has 0 aliphatic heterocycles. The Labute approximate surface area is 132 Å². The van der Waals surface area contributed by atoms with E-state index >= 15 is 0 Å². The van der Waals surface area contributed by atoms with E-state index in [9.17, 15) is 0 Å². The maximum Gasteiger partial charge on any atom is 0.134 e. The molecule has 0 spiro atoms. The van der Waals surface area contributed by atoms with Crippen molar-refractivity contribution in [2.24, 2.45) is 0 Å². The summed E-state index contributed by atoms with van der Waals surface area (Å²) in [7, 11) is 2.10. The highest BCUT2D eigenvalue weighted by atomic mass is 79.9. The molecule has 4 nitrogen and oxygen atoms in total. The standard InChI is InChI=1S/C14H19BrN4S/c1-3-8-16-14-13(17-18-20-14)10-19(2)9-11-4-6-12(15)7-5-11/h4-7,16H,3,8-10H2,1-2H3. The third kappa shape index (κ3) is 4.54. The van der Waals surface area contributed by atoms with Gasteiger partial charge >= 0.3 is 0 Å². The van der Waals surface area contributed by atoms with Crippen LogP contribution in [-0.2, 0) is 13.1 Å². The van der Waals surface area contributed by atoms with Gasteiger partial charge in [-0.05, 0) is 31.2 Å². The van der Waals surface area contributed by atoms with Gasteiger partial charge in [0.05, 0.1) is 0 Å². The highest BCUT2D eigenvalue weighted by molar-refractivity contribution is 9.10. The van der Waals surface area contributed by atoms with E-state index in [0.29, 0.717) is 0 Å². The second kappa shape index (κ2) is 7.71. The van der Waals surface area contributed by atoms with Crippen LogP contribution in [0.3, 0.4) is 0 Å². The van der Waals surface area contributed by atoms with Crippen molar-refractivity contribution in [2.45, 2.75) is 26.4 Å². The van der Waals surface area contributed by atoms with Crippen molar-refractivity contribution in [2.75, 3.05) is 18.9 Å². The monoisotopic (exact) mass is 354 g/mol. The van der Waals surface area contributed by atoms with Crippen LogP contribution in [0.4, 0.5) is 5.00 Å². The Hall–Kier alpha value is -0.980. The van der Waals surface area contributed by atoms with Crippen molar-refractivity contribution in [3.05, 3.63) is 40.0 Å². The number of hydrogen-bond donors (Lipinski definition) is 1. The summed E-state index contributed by atoms with van der Waals surface area (Å²) in [6, 6.07) is 8.41. The quantitative estimate of drug-likeness (QED) is 0.821. The van der Waals surface area contributed by atoms with Gasteiger partial charge in [-0.2, -0.15) is 0 Å². The molecule has 1 aromatic heterocycles. The summed E-state index contributed by atoms with van der Waals surface area (Å²) >= 11 is 4.89. The molecule has 0 unspecified atom stereocenters. The molecule has 0 amide bonds. The first-order valence-electron chi connectivity index (χ1n) is 6.67. The van der Waals surface area contributed by atoms with Crippen LogP contribution >= 0.6 is 27.5 Å². The molecule has 2 aromatic rings. The first-order valence-corrected chi connectivity index (χ1v) is 8.23. The Bertz CT molecular complexity index is 526. The van der Waals surface area contributed by atoms with E-state index in [4.69, 9.17) is 0 Å². The molecule has 0 radical (unpaired) electrons. The molecule has 0 fully saturated rings. The van der Waals surface area contributed by atoms with E-state index in [0.717, 1.165) is 41.2 Å². The van der Waals surface area contributed by atoms with E-state index in [-0.39, 0.29) is 0 Å². The number of anilines is 1. The van der Waals surface area contributed by atoms with Gasteiger partial charge in [0.15, 0.2) is 0 Å². The summed E-state index contributed by atoms with van der Waals surface area (Å²) in [6.07, 6.45) is 1.10. The molecule has 6 heteroatoms. The Kier molecular flexibility index (Phi) is 5.94. The topological polar surface area (TPSA) is 41.1 Å². The summed E-state index contributed by atoms with van der Waals surface area (Å²) in [4.78, 5) is 2.25. The van der Waals surface area contributed by atoms with Gasteiger partial charge in [-0.15, -0.1) is 5.10 Å². The van der Waals surface area contributed by atoms with Crippen molar-refractivity contribution in [1.29, 1.82) is 0 Å². The summed E-state index contributed by atoms with van der Waals surface area (Å²) in [6.45, 7) is 4.82. The molecule has 0 aliphatic rings. The van der Waals surface area contributed by atoms with Crippen molar-refractivity contribution < 1.29 is 0 Å². The molecule has 0 saturated heterocycles. The molecular formula is C14H19BrN4S. The third-order valence-corrected chi connectivity index (χ3v) is 4.13. The van der Waals surface area contributed by atoms with Crippen LogP contribution in [0.5, 0.6) is 0 Å². The van der Waals surface area contributed by atoms with Gasteiger partial charge in [0.25, 0.3) is 0 Å². The summed E-state index contributed by atoms with van der Waals surface area (Å²) in [5.41, 5.74) is 2.32. The molecule has 0 saturated carbocycles. The van der Waals surface area contributed by atoms with Gasteiger partial charge in [-0.3, -0.25) is 4.90 Å². The predicted molar refractivity (Wildman–Crippen MR) is 88.0 cm³/mol. The zero-order valence-electron chi connectivity index (χ0n) is 11.8. The normalized spacial score (nSPS) is 11.0. The van der Waals surface area contributed by atoms with Crippen LogP contribution in [0.25, 0.3) is 0 Å². The average Bonchev–Trinajstić information content (AvgIpc) is 2.86. The Morgan fingerprint density at radius 3 is 2.70 bits per heavy atom. The van der Waals surface area contributed by atoms with Crippen molar-refractivity contribution in [3.63, 3.8) is 0 Å². The van der Waals surface area contributed by atoms with Gasteiger partial charge in [0.1, 0.15) is 10.7 Å². The molecule has 0 aliphatic carbocycles. The molecular weight excluding hydrogens is 336 g/mol. The van der Waals surface area contributed by atoms with Gasteiger partial charge in [0.2, 0.25) is 0 Å². The fourth-order valence-corrected chi connectivity index (χ4v) is 2.76. The Balaban J connectivity index is 1.92. The minimum absolute atomic E-state index is 0.804. The minimum Gasteiger partial charge on any atom is -0.374 e. The molecule has 1 aromatic carbocycles. The summed E-state index contributed by atoms with van der Waals surface area (Å²) in [5.74, 6) is 0. The molecule has 1 heterocycles. The van der Waals surface area contributed by atoms with E-state index in [1.54, 1.807) is 0 Å². The molecule has 108 valence electrons. The fourth-order valence-electron chi connectivity index (χ4n) is 1.90. The van der Waals surface area contributed by atoms with Crippen LogP contribution in [0.2, 0.25) is 0 Å². The van der Waals surface area contributed by atoms with E-state index in [2.05, 4.69) is 74.0 Å².